The van der Waals surface area contributed by atoms with Crippen LogP contribution in [0.4, 0.5) is 0 Å². The van der Waals surface area contributed by atoms with Gasteiger partial charge in [-0.3, -0.25) is 18.6 Å². The van der Waals surface area contributed by atoms with E-state index >= 15 is 0 Å². The van der Waals surface area contributed by atoms with Crippen molar-refractivity contribution in [3.63, 3.8) is 0 Å². The van der Waals surface area contributed by atoms with E-state index in [1.807, 2.05) is 33.3 Å². The molecular weight excluding hydrogens is 952 g/mol. The Morgan fingerprint density at radius 2 is 0.920 bits per heavy atom. The van der Waals surface area contributed by atoms with Crippen LogP contribution in [-0.4, -0.2) is 74.3 Å². The monoisotopic (exact) mass is 1070 g/mol. The molecule has 0 saturated heterocycles. The number of quaternary nitrogens is 1. The number of phosphoric acid groups is 1. The average Bonchev–Trinajstić information content (AvgIpc) is 3.37. The van der Waals surface area contributed by atoms with Gasteiger partial charge in [-0.25, -0.2) is 4.57 Å². The topological polar surface area (TPSA) is 111 Å². The normalized spacial score (nSPS) is 14.5. The van der Waals surface area contributed by atoms with Gasteiger partial charge in [0.25, 0.3) is 0 Å². The van der Waals surface area contributed by atoms with E-state index in [2.05, 4.69) is 123 Å². The summed E-state index contributed by atoms with van der Waals surface area (Å²) < 4.78 is 30.6. The maximum absolute atomic E-state index is 13.5. The maximum atomic E-state index is 13.5. The number of likely N-dealkylation sites (N-methyl/N-ethyl adjacent to an activating group) is 1. The van der Waals surface area contributed by atoms with Crippen LogP contribution in [0.1, 0.15) is 239 Å². The molecule has 0 aromatic carbocycles. The molecule has 0 aromatic rings. The number of hydrogen-bond donors (Lipinski definition) is 2. The van der Waals surface area contributed by atoms with Gasteiger partial charge in [-0.1, -0.05) is 240 Å². The molecule has 0 aliphatic carbocycles. The summed E-state index contributed by atoms with van der Waals surface area (Å²) in [5.41, 5.74) is 0. The number of amides is 1. The highest BCUT2D eigenvalue weighted by atomic mass is 31.2. The first-order valence-electron chi connectivity index (χ1n) is 30.2. The lowest BCUT2D eigenvalue weighted by atomic mass is 10.1. The van der Waals surface area contributed by atoms with Gasteiger partial charge in [0.05, 0.1) is 33.8 Å². The Bertz CT molecular complexity index is 1650. The van der Waals surface area contributed by atoms with E-state index in [0.29, 0.717) is 17.4 Å². The molecule has 9 nitrogen and oxygen atoms in total. The van der Waals surface area contributed by atoms with Gasteiger partial charge in [0.1, 0.15) is 19.3 Å². The van der Waals surface area contributed by atoms with Crippen LogP contribution in [0.25, 0.3) is 0 Å². The molecular formula is C65H114N2O7P+. The van der Waals surface area contributed by atoms with Crippen molar-refractivity contribution in [3.05, 3.63) is 109 Å². The summed E-state index contributed by atoms with van der Waals surface area (Å²) in [5.74, 6) is -0.539. The first kappa shape index (κ1) is 71.7. The predicted octanol–water partition coefficient (Wildman–Crippen LogP) is 18.6. The predicted molar refractivity (Wildman–Crippen MR) is 323 cm³/mol. The van der Waals surface area contributed by atoms with Crippen molar-refractivity contribution in [2.45, 2.75) is 251 Å². The van der Waals surface area contributed by atoms with Crippen LogP contribution in [0, 0.1) is 0 Å². The van der Waals surface area contributed by atoms with Gasteiger partial charge >= 0.3 is 13.8 Å². The Morgan fingerprint density at radius 3 is 1.43 bits per heavy atom. The number of nitrogens with one attached hydrogen (secondary N) is 1. The molecule has 3 unspecified atom stereocenters. The maximum Gasteiger partial charge on any atom is 0.472 e. The highest BCUT2D eigenvalue weighted by Crippen LogP contribution is 2.43. The van der Waals surface area contributed by atoms with E-state index in [9.17, 15) is 19.0 Å². The van der Waals surface area contributed by atoms with Crippen molar-refractivity contribution in [2.24, 2.45) is 0 Å². The fraction of sp³-hybridized carbons (Fsp3) is 0.692. The van der Waals surface area contributed by atoms with Crippen molar-refractivity contribution < 1.29 is 37.3 Å². The average molecular weight is 1070 g/mol. The standard InChI is InChI=1S/C65H113N2O7P/c1-7-10-13-16-19-22-25-27-29-30-31-32-33-34-35-36-38-40-43-46-49-52-55-58-65(69)74-63(56-53-50-47-44-41-24-21-18-15-12-9-3)62(61-73-75(70,71)72-60-59-67(4,5)6)66-64(68)57-54-51-48-45-42-39-37-28-26-23-20-17-14-11-8-2/h10-11,13-14,17,19-20,22-23,26-27,29,31-32,34-35,53,56,62-63H,7-9,12,15-16,18,21,24-25,28,30,33,36-52,54-55,57-61H2,1-6H3,(H-,66,68,70,71)/p+1/b13-10-,14-11+,20-17+,22-19-,26-23+,29-27-,32-31-,35-34-,56-53-. The molecule has 3 atom stereocenters. The number of nitrogens with zero attached hydrogens (tertiary/aromatic N) is 1. The van der Waals surface area contributed by atoms with Gasteiger partial charge in [0.2, 0.25) is 5.91 Å². The van der Waals surface area contributed by atoms with E-state index in [0.717, 1.165) is 122 Å². The fourth-order valence-electron chi connectivity index (χ4n) is 8.14. The summed E-state index contributed by atoms with van der Waals surface area (Å²) >= 11 is 0. The molecule has 430 valence electrons. The highest BCUT2D eigenvalue weighted by Gasteiger charge is 2.30. The summed E-state index contributed by atoms with van der Waals surface area (Å²) in [7, 11) is 1.46. The number of ether oxygens (including phenoxy) is 1. The molecule has 0 bridgehead atoms. The molecule has 2 N–H and O–H groups in total. The second kappa shape index (κ2) is 54.0. The van der Waals surface area contributed by atoms with Crippen LogP contribution >= 0.6 is 7.82 Å². The minimum absolute atomic E-state index is 0.0301. The zero-order valence-electron chi connectivity index (χ0n) is 49.0. The molecule has 0 radical (unpaired) electrons. The quantitative estimate of drug-likeness (QED) is 0.0156. The Morgan fingerprint density at radius 1 is 0.493 bits per heavy atom. The van der Waals surface area contributed by atoms with Gasteiger partial charge in [0, 0.05) is 12.8 Å². The zero-order valence-corrected chi connectivity index (χ0v) is 49.9. The molecule has 0 aliphatic heterocycles. The lowest BCUT2D eigenvalue weighted by Crippen LogP contribution is -2.47. The number of carbonyl (C=O) groups excluding carboxylic acids is 2. The smallest absolute Gasteiger partial charge is 0.456 e. The van der Waals surface area contributed by atoms with E-state index in [1.165, 1.54) is 83.5 Å². The molecule has 0 rings (SSSR count). The van der Waals surface area contributed by atoms with Crippen LogP contribution in [0.3, 0.4) is 0 Å². The number of carbonyl (C=O) groups is 2. The SMILES string of the molecule is CC/C=C\C/C=C\C/C=C\C/C=C\C/C=C\CCCCCCCCCC(=O)OC(/C=C\CCCCCCCCCCC)C(COP(=O)(O)OCC[N+](C)(C)C)NC(=O)CCCCCCCCC/C=C/C=C/C=C/CC. The molecule has 0 aliphatic rings. The van der Waals surface area contributed by atoms with Gasteiger partial charge in [0.15, 0.2) is 0 Å². The van der Waals surface area contributed by atoms with E-state index in [1.54, 1.807) is 0 Å². The molecule has 10 heteroatoms. The van der Waals surface area contributed by atoms with Crippen molar-refractivity contribution >= 4 is 19.7 Å². The van der Waals surface area contributed by atoms with Crippen LogP contribution in [0.5, 0.6) is 0 Å². The Hall–Kier alpha value is -3.33. The number of esters is 1. The summed E-state index contributed by atoms with van der Waals surface area (Å²) in [6.45, 7) is 6.73. The summed E-state index contributed by atoms with van der Waals surface area (Å²) in [6, 6.07) is -0.866. The molecule has 0 heterocycles. The number of unbranched alkanes of at least 4 members (excludes halogenated alkanes) is 23. The van der Waals surface area contributed by atoms with Crippen molar-refractivity contribution in [3.8, 4) is 0 Å². The summed E-state index contributed by atoms with van der Waals surface area (Å²) in [6.07, 6.45) is 73.7. The minimum atomic E-state index is -4.46. The van der Waals surface area contributed by atoms with Gasteiger partial charge < -0.3 is 19.4 Å². The van der Waals surface area contributed by atoms with Crippen LogP contribution in [0.15, 0.2) is 109 Å². The van der Waals surface area contributed by atoms with Crippen molar-refractivity contribution in [1.29, 1.82) is 0 Å². The van der Waals surface area contributed by atoms with Crippen LogP contribution < -0.4 is 5.32 Å². The largest absolute Gasteiger partial charge is 0.472 e. The molecule has 0 aromatic heterocycles. The number of hydrogen-bond acceptors (Lipinski definition) is 6. The molecule has 1 amide bonds. The van der Waals surface area contributed by atoms with Crippen molar-refractivity contribution in [2.75, 3.05) is 40.9 Å². The first-order valence-corrected chi connectivity index (χ1v) is 31.7. The molecule has 0 spiro atoms. The van der Waals surface area contributed by atoms with E-state index in [4.69, 9.17) is 13.8 Å². The number of allylic oxidation sites excluding steroid dienone is 17. The second-order valence-corrected chi connectivity index (χ2v) is 22.6. The molecule has 0 saturated carbocycles. The second-order valence-electron chi connectivity index (χ2n) is 21.2. The highest BCUT2D eigenvalue weighted by molar-refractivity contribution is 7.47. The van der Waals surface area contributed by atoms with Gasteiger partial charge in [-0.05, 0) is 96.0 Å². The Labute approximate surface area is 461 Å². The van der Waals surface area contributed by atoms with E-state index < -0.39 is 20.0 Å². The summed E-state index contributed by atoms with van der Waals surface area (Å²) in [4.78, 5) is 37.6. The molecule has 0 fully saturated rings. The van der Waals surface area contributed by atoms with Crippen LogP contribution in [-0.2, 0) is 27.9 Å². The van der Waals surface area contributed by atoms with Crippen LogP contribution in [0.2, 0.25) is 0 Å². The third-order valence-electron chi connectivity index (χ3n) is 12.8. The third kappa shape index (κ3) is 55.2. The van der Waals surface area contributed by atoms with Crippen molar-refractivity contribution in [1.82, 2.24) is 5.32 Å². The Balaban J connectivity index is 5.24. The fourth-order valence-corrected chi connectivity index (χ4v) is 8.88. The lowest BCUT2D eigenvalue weighted by Gasteiger charge is -2.27. The zero-order chi connectivity index (χ0) is 55.0. The summed E-state index contributed by atoms with van der Waals surface area (Å²) in [5, 5.41) is 3.04. The minimum Gasteiger partial charge on any atom is -0.456 e. The molecule has 75 heavy (non-hydrogen) atoms. The number of rotatable bonds is 53. The van der Waals surface area contributed by atoms with Gasteiger partial charge in [-0.15, -0.1) is 0 Å². The number of phosphoric ester groups is 1. The van der Waals surface area contributed by atoms with Gasteiger partial charge in [-0.2, -0.15) is 0 Å². The third-order valence-corrected chi connectivity index (χ3v) is 13.8. The van der Waals surface area contributed by atoms with E-state index in [-0.39, 0.29) is 31.5 Å². The Kier molecular flexibility index (Phi) is 51.6. The first-order chi connectivity index (χ1) is 36.4. The lowest BCUT2D eigenvalue weighted by molar-refractivity contribution is -0.870.